The van der Waals surface area contributed by atoms with E-state index in [0.29, 0.717) is 12.5 Å². The molecule has 0 heterocycles. The van der Waals surface area contributed by atoms with Crippen molar-refractivity contribution in [2.45, 2.75) is 32.4 Å². The van der Waals surface area contributed by atoms with Crippen LogP contribution in [0.1, 0.15) is 25.3 Å². The van der Waals surface area contributed by atoms with E-state index in [2.05, 4.69) is 0 Å². The molecular formula is C14H20ClFN2O. The Labute approximate surface area is 119 Å². The molecule has 1 aliphatic rings. The number of nitrogens with zero attached hydrogens (tertiary/aromatic N) is 1. The van der Waals surface area contributed by atoms with Crippen LogP contribution in [-0.4, -0.2) is 23.4 Å². The number of amides is 1. The predicted octanol–water partition coefficient (Wildman–Crippen LogP) is 2.33. The van der Waals surface area contributed by atoms with Crippen LogP contribution in [0.15, 0.2) is 24.3 Å². The molecule has 0 saturated heterocycles. The molecule has 1 aromatic rings. The van der Waals surface area contributed by atoms with Crippen molar-refractivity contribution in [3.8, 4) is 0 Å². The van der Waals surface area contributed by atoms with Crippen LogP contribution in [0.4, 0.5) is 4.39 Å². The molecule has 1 amide bonds. The quantitative estimate of drug-likeness (QED) is 0.903. The molecule has 106 valence electrons. The van der Waals surface area contributed by atoms with Gasteiger partial charge in [0.2, 0.25) is 5.91 Å². The van der Waals surface area contributed by atoms with E-state index in [4.69, 9.17) is 5.73 Å². The highest BCUT2D eigenvalue weighted by atomic mass is 35.5. The van der Waals surface area contributed by atoms with E-state index < -0.39 is 6.04 Å². The van der Waals surface area contributed by atoms with Gasteiger partial charge in [-0.3, -0.25) is 4.79 Å². The van der Waals surface area contributed by atoms with Crippen molar-refractivity contribution in [2.75, 3.05) is 6.54 Å². The summed E-state index contributed by atoms with van der Waals surface area (Å²) in [5.74, 6) is 0.324. The minimum absolute atomic E-state index is 0. The Kier molecular flexibility index (Phi) is 5.76. The highest BCUT2D eigenvalue weighted by Gasteiger charge is 2.27. The van der Waals surface area contributed by atoms with Gasteiger partial charge in [-0.25, -0.2) is 4.39 Å². The number of hydrogen-bond donors (Lipinski definition) is 1. The minimum Gasteiger partial charge on any atom is -0.337 e. The van der Waals surface area contributed by atoms with Crippen molar-refractivity contribution >= 4 is 18.3 Å². The smallest absolute Gasteiger partial charge is 0.239 e. The van der Waals surface area contributed by atoms with E-state index >= 15 is 0 Å². The maximum absolute atomic E-state index is 12.8. The molecule has 0 spiro atoms. The molecule has 2 N–H and O–H groups in total. The van der Waals surface area contributed by atoms with Gasteiger partial charge in [0.05, 0.1) is 6.04 Å². The molecule has 0 radical (unpaired) electrons. The monoisotopic (exact) mass is 286 g/mol. The van der Waals surface area contributed by atoms with Crippen molar-refractivity contribution in [3.05, 3.63) is 35.6 Å². The molecule has 1 aromatic carbocycles. The van der Waals surface area contributed by atoms with Gasteiger partial charge in [-0.2, -0.15) is 0 Å². The van der Waals surface area contributed by atoms with Gasteiger partial charge in [0.15, 0.2) is 0 Å². The van der Waals surface area contributed by atoms with Crippen LogP contribution in [0.3, 0.4) is 0 Å². The Morgan fingerprint density at radius 2 is 2.00 bits per heavy atom. The van der Waals surface area contributed by atoms with Crippen molar-refractivity contribution in [2.24, 2.45) is 11.7 Å². The standard InChI is InChI=1S/C14H19FN2O.ClH/c1-10(16)14(18)17(8-11-2-3-11)9-12-4-6-13(15)7-5-12;/h4-7,10-11H,2-3,8-9,16H2,1H3;1H/t10-;/m1./s1. The summed E-state index contributed by atoms with van der Waals surface area (Å²) >= 11 is 0. The van der Waals surface area contributed by atoms with Gasteiger partial charge >= 0.3 is 0 Å². The first-order chi connectivity index (χ1) is 8.56. The number of carbonyl (C=O) groups excluding carboxylic acids is 1. The van der Waals surface area contributed by atoms with E-state index in [1.807, 2.05) is 0 Å². The number of benzene rings is 1. The maximum Gasteiger partial charge on any atom is 0.239 e. The van der Waals surface area contributed by atoms with Crippen LogP contribution >= 0.6 is 12.4 Å². The Morgan fingerprint density at radius 3 is 2.47 bits per heavy atom. The summed E-state index contributed by atoms with van der Waals surface area (Å²) in [5, 5.41) is 0. The molecule has 0 aliphatic heterocycles. The third kappa shape index (κ3) is 4.80. The lowest BCUT2D eigenvalue weighted by Gasteiger charge is -2.24. The lowest BCUT2D eigenvalue weighted by atomic mass is 10.2. The van der Waals surface area contributed by atoms with Crippen molar-refractivity contribution in [1.82, 2.24) is 4.90 Å². The molecule has 0 unspecified atom stereocenters. The Hall–Kier alpha value is -1.13. The number of hydrogen-bond acceptors (Lipinski definition) is 2. The van der Waals surface area contributed by atoms with Gasteiger partial charge in [0, 0.05) is 13.1 Å². The lowest BCUT2D eigenvalue weighted by Crippen LogP contribution is -2.42. The van der Waals surface area contributed by atoms with Gasteiger partial charge in [-0.1, -0.05) is 12.1 Å². The van der Waals surface area contributed by atoms with Crippen LogP contribution in [0.2, 0.25) is 0 Å². The molecule has 1 fully saturated rings. The second kappa shape index (κ2) is 6.87. The molecule has 1 aliphatic carbocycles. The Morgan fingerprint density at radius 1 is 1.42 bits per heavy atom. The fourth-order valence-corrected chi connectivity index (χ4v) is 1.94. The normalized spacial score (nSPS) is 15.5. The van der Waals surface area contributed by atoms with E-state index in [1.165, 1.54) is 25.0 Å². The zero-order valence-corrected chi connectivity index (χ0v) is 11.8. The van der Waals surface area contributed by atoms with Crippen LogP contribution in [0, 0.1) is 11.7 Å². The van der Waals surface area contributed by atoms with Crippen molar-refractivity contribution in [3.63, 3.8) is 0 Å². The number of halogens is 2. The Bertz CT molecular complexity index is 418. The van der Waals surface area contributed by atoms with Gasteiger partial charge in [-0.15, -0.1) is 12.4 Å². The average molecular weight is 287 g/mol. The summed E-state index contributed by atoms with van der Waals surface area (Å²) < 4.78 is 12.8. The van der Waals surface area contributed by atoms with Gasteiger partial charge in [0.25, 0.3) is 0 Å². The van der Waals surface area contributed by atoms with E-state index in [-0.39, 0.29) is 24.1 Å². The molecule has 2 rings (SSSR count). The van der Waals surface area contributed by atoms with Crippen LogP contribution < -0.4 is 5.73 Å². The van der Waals surface area contributed by atoms with E-state index in [9.17, 15) is 9.18 Å². The molecule has 5 heteroatoms. The largest absolute Gasteiger partial charge is 0.337 e. The number of rotatable bonds is 5. The van der Waals surface area contributed by atoms with E-state index in [1.54, 1.807) is 24.0 Å². The highest BCUT2D eigenvalue weighted by molar-refractivity contribution is 5.85. The van der Waals surface area contributed by atoms with Crippen LogP contribution in [0.5, 0.6) is 0 Å². The summed E-state index contributed by atoms with van der Waals surface area (Å²) in [6.07, 6.45) is 2.37. The van der Waals surface area contributed by atoms with Crippen LogP contribution in [-0.2, 0) is 11.3 Å². The first-order valence-corrected chi connectivity index (χ1v) is 6.35. The SMILES string of the molecule is C[C@@H](N)C(=O)N(Cc1ccc(F)cc1)CC1CC1.Cl. The van der Waals surface area contributed by atoms with E-state index in [0.717, 1.165) is 12.1 Å². The minimum atomic E-state index is -0.482. The summed E-state index contributed by atoms with van der Waals surface area (Å²) in [4.78, 5) is 13.8. The molecule has 0 aromatic heterocycles. The average Bonchev–Trinajstić information content (AvgIpc) is 3.14. The highest BCUT2D eigenvalue weighted by Crippen LogP contribution is 2.30. The Balaban J connectivity index is 0.00000180. The summed E-state index contributed by atoms with van der Waals surface area (Å²) in [5.41, 5.74) is 6.60. The van der Waals surface area contributed by atoms with Gasteiger partial charge < -0.3 is 10.6 Å². The molecule has 3 nitrogen and oxygen atoms in total. The number of nitrogens with two attached hydrogens (primary N) is 1. The number of carbonyl (C=O) groups is 1. The maximum atomic E-state index is 12.8. The van der Waals surface area contributed by atoms with Crippen molar-refractivity contribution < 1.29 is 9.18 Å². The molecule has 0 bridgehead atoms. The fraction of sp³-hybridized carbons (Fsp3) is 0.500. The first kappa shape index (κ1) is 15.9. The molecular weight excluding hydrogens is 267 g/mol. The second-order valence-electron chi connectivity index (χ2n) is 5.08. The lowest BCUT2D eigenvalue weighted by molar-refractivity contribution is -0.133. The predicted molar refractivity (Wildman–Crippen MR) is 75.4 cm³/mol. The van der Waals surface area contributed by atoms with Gasteiger partial charge in [-0.05, 0) is 43.4 Å². The summed E-state index contributed by atoms with van der Waals surface area (Å²) in [7, 11) is 0. The summed E-state index contributed by atoms with van der Waals surface area (Å²) in [6.45, 7) is 2.97. The first-order valence-electron chi connectivity index (χ1n) is 6.35. The molecule has 1 atom stereocenters. The zero-order valence-electron chi connectivity index (χ0n) is 11.0. The van der Waals surface area contributed by atoms with Crippen LogP contribution in [0.25, 0.3) is 0 Å². The fourth-order valence-electron chi connectivity index (χ4n) is 1.94. The van der Waals surface area contributed by atoms with Crippen molar-refractivity contribution in [1.29, 1.82) is 0 Å². The molecule has 19 heavy (non-hydrogen) atoms. The summed E-state index contributed by atoms with van der Waals surface area (Å²) in [6, 6.07) is 5.78. The van der Waals surface area contributed by atoms with Gasteiger partial charge in [0.1, 0.15) is 5.82 Å². The zero-order chi connectivity index (χ0) is 13.1. The second-order valence-corrected chi connectivity index (χ2v) is 5.08. The molecule has 1 saturated carbocycles. The third-order valence-corrected chi connectivity index (χ3v) is 3.16. The topological polar surface area (TPSA) is 46.3 Å². The third-order valence-electron chi connectivity index (χ3n) is 3.16.